The van der Waals surface area contributed by atoms with Crippen molar-refractivity contribution in [1.82, 2.24) is 34.4 Å². The summed E-state index contributed by atoms with van der Waals surface area (Å²) in [6.07, 6.45) is 6.70. The smallest absolute Gasteiger partial charge is 0.267 e. The Morgan fingerprint density at radius 3 is 2.62 bits per heavy atom. The molecule has 4 heterocycles. The van der Waals surface area contributed by atoms with Gasteiger partial charge in [-0.15, -0.1) is 0 Å². The van der Waals surface area contributed by atoms with Crippen LogP contribution < -0.4 is 10.9 Å². The number of fused-ring (bicyclic) bond motifs is 2. The minimum Gasteiger partial charge on any atom is -0.342 e. The van der Waals surface area contributed by atoms with E-state index >= 15 is 0 Å². The number of hydrogen-bond acceptors (Lipinski definition) is 6. The molecular formula is C31H23N7O2. The molecule has 0 aliphatic heterocycles. The second-order valence-electron chi connectivity index (χ2n) is 9.18. The quantitative estimate of drug-likeness (QED) is 0.349. The van der Waals surface area contributed by atoms with Crippen LogP contribution in [0.1, 0.15) is 46.0 Å². The first-order valence-electron chi connectivity index (χ1n) is 12.6. The van der Waals surface area contributed by atoms with Crippen molar-refractivity contribution in [2.45, 2.75) is 19.9 Å². The van der Waals surface area contributed by atoms with E-state index in [0.29, 0.717) is 44.9 Å². The Kier molecular flexibility index (Phi) is 6.34. The molecule has 194 valence electrons. The summed E-state index contributed by atoms with van der Waals surface area (Å²) in [5.41, 5.74) is 3.50. The number of amides is 1. The van der Waals surface area contributed by atoms with E-state index in [2.05, 4.69) is 32.2 Å². The molecule has 4 aromatic heterocycles. The zero-order chi connectivity index (χ0) is 27.6. The predicted octanol–water partition coefficient (Wildman–Crippen LogP) is 4.02. The lowest BCUT2D eigenvalue weighted by molar-refractivity contribution is 0.0938. The molecule has 0 saturated carbocycles. The van der Waals surface area contributed by atoms with Crippen molar-refractivity contribution in [3.05, 3.63) is 130 Å². The first kappa shape index (κ1) is 24.7. The Hall–Kier alpha value is -5.62. The number of para-hydroxylation sites is 1. The number of benzene rings is 2. The Balaban J connectivity index is 1.48. The van der Waals surface area contributed by atoms with E-state index in [1.165, 1.54) is 4.57 Å². The highest BCUT2D eigenvalue weighted by Gasteiger charge is 2.24. The Morgan fingerprint density at radius 1 is 0.975 bits per heavy atom. The number of nitrogens with one attached hydrogen (secondary N) is 1. The summed E-state index contributed by atoms with van der Waals surface area (Å²) in [7, 11) is 0. The lowest BCUT2D eigenvalue weighted by Crippen LogP contribution is -2.33. The van der Waals surface area contributed by atoms with Crippen LogP contribution in [0.25, 0.3) is 22.2 Å². The molecule has 9 nitrogen and oxygen atoms in total. The average Bonchev–Trinajstić information content (AvgIpc) is 3.32. The molecule has 1 amide bonds. The van der Waals surface area contributed by atoms with Crippen LogP contribution in [0.4, 0.5) is 0 Å². The zero-order valence-corrected chi connectivity index (χ0v) is 21.7. The van der Waals surface area contributed by atoms with Crippen LogP contribution in [0.15, 0.2) is 96.3 Å². The monoisotopic (exact) mass is 525 g/mol. The molecule has 6 aromatic rings. The highest BCUT2D eigenvalue weighted by molar-refractivity contribution is 6.01. The molecule has 9 heteroatoms. The van der Waals surface area contributed by atoms with Gasteiger partial charge in [0.15, 0.2) is 5.65 Å². The average molecular weight is 526 g/mol. The molecule has 0 aliphatic rings. The molecular weight excluding hydrogens is 502 g/mol. The third-order valence-corrected chi connectivity index (χ3v) is 6.47. The summed E-state index contributed by atoms with van der Waals surface area (Å²) in [5.74, 6) is 6.22. The first-order chi connectivity index (χ1) is 19.5. The molecule has 6 rings (SSSR count). The molecule has 40 heavy (non-hydrogen) atoms. The molecule has 0 saturated heterocycles. The van der Waals surface area contributed by atoms with E-state index in [4.69, 9.17) is 4.98 Å². The van der Waals surface area contributed by atoms with Gasteiger partial charge in [-0.05, 0) is 56.3 Å². The van der Waals surface area contributed by atoms with Gasteiger partial charge in [0.1, 0.15) is 11.4 Å². The van der Waals surface area contributed by atoms with Crippen LogP contribution in [-0.4, -0.2) is 35.0 Å². The number of aryl methyl sites for hydroxylation is 1. The molecule has 1 N–H and O–H groups in total. The molecule has 0 aliphatic carbocycles. The SMILES string of the molecule is Cc1nn2cccnc2c1C(=O)NC(C)c1nc2cccc(C#Cc3cccnc3)c2c(=O)n1-c1ccccc1. The Morgan fingerprint density at radius 2 is 1.82 bits per heavy atom. The van der Waals surface area contributed by atoms with Crippen molar-refractivity contribution in [2.75, 3.05) is 0 Å². The molecule has 1 unspecified atom stereocenters. The molecule has 0 spiro atoms. The largest absolute Gasteiger partial charge is 0.342 e. The Labute approximate surface area is 229 Å². The summed E-state index contributed by atoms with van der Waals surface area (Å²) >= 11 is 0. The van der Waals surface area contributed by atoms with Crippen molar-refractivity contribution >= 4 is 22.5 Å². The van der Waals surface area contributed by atoms with Crippen LogP contribution in [0.5, 0.6) is 0 Å². The summed E-state index contributed by atoms with van der Waals surface area (Å²) in [6, 6.07) is 19.4. The van der Waals surface area contributed by atoms with E-state index in [1.807, 2.05) is 48.5 Å². The van der Waals surface area contributed by atoms with E-state index in [9.17, 15) is 9.59 Å². The number of carbonyl (C=O) groups excluding carboxylic acids is 1. The highest BCUT2D eigenvalue weighted by Crippen LogP contribution is 2.21. The minimum absolute atomic E-state index is 0.280. The third kappa shape index (κ3) is 4.48. The number of nitrogens with zero attached hydrogens (tertiary/aromatic N) is 6. The summed E-state index contributed by atoms with van der Waals surface area (Å²) in [4.78, 5) is 40.9. The Bertz CT molecular complexity index is 2000. The van der Waals surface area contributed by atoms with Gasteiger partial charge >= 0.3 is 0 Å². The van der Waals surface area contributed by atoms with Crippen LogP contribution >= 0.6 is 0 Å². The number of pyridine rings is 1. The number of aromatic nitrogens is 6. The fraction of sp³-hybridized carbons (Fsp3) is 0.0968. The van der Waals surface area contributed by atoms with Crippen LogP contribution in [0.3, 0.4) is 0 Å². The maximum atomic E-state index is 14.1. The fourth-order valence-electron chi connectivity index (χ4n) is 4.64. The van der Waals surface area contributed by atoms with Gasteiger partial charge in [-0.1, -0.05) is 36.1 Å². The number of carbonyl (C=O) groups is 1. The summed E-state index contributed by atoms with van der Waals surface area (Å²) in [5, 5.41) is 7.79. The maximum Gasteiger partial charge on any atom is 0.267 e. The normalized spacial score (nSPS) is 11.7. The topological polar surface area (TPSA) is 107 Å². The highest BCUT2D eigenvalue weighted by atomic mass is 16.2. The van der Waals surface area contributed by atoms with Crippen LogP contribution in [-0.2, 0) is 0 Å². The van der Waals surface area contributed by atoms with Gasteiger partial charge in [0.05, 0.1) is 28.3 Å². The number of rotatable bonds is 4. The van der Waals surface area contributed by atoms with Gasteiger partial charge in [-0.2, -0.15) is 5.10 Å². The standard InChI is InChI=1S/C31H23N7O2/c1-20-26(29-33-17-8-18-37(29)36-20)30(39)34-21(2)28-35-25-13-6-10-23(15-14-22-9-7-16-32-19-22)27(25)31(40)38(28)24-11-4-3-5-12-24/h3-13,16-19,21H,1-2H3,(H,34,39). The molecule has 1 atom stereocenters. The summed E-state index contributed by atoms with van der Waals surface area (Å²) < 4.78 is 3.10. The van der Waals surface area contributed by atoms with Crippen molar-refractivity contribution in [1.29, 1.82) is 0 Å². The van der Waals surface area contributed by atoms with Gasteiger partial charge in [0, 0.05) is 35.9 Å². The van der Waals surface area contributed by atoms with E-state index in [0.717, 1.165) is 5.56 Å². The van der Waals surface area contributed by atoms with E-state index < -0.39 is 6.04 Å². The van der Waals surface area contributed by atoms with Crippen LogP contribution in [0.2, 0.25) is 0 Å². The number of hydrogen-bond donors (Lipinski definition) is 1. The van der Waals surface area contributed by atoms with Gasteiger partial charge in [-0.25, -0.2) is 14.5 Å². The van der Waals surface area contributed by atoms with Crippen molar-refractivity contribution in [3.63, 3.8) is 0 Å². The van der Waals surface area contributed by atoms with Crippen molar-refractivity contribution in [3.8, 4) is 17.5 Å². The van der Waals surface area contributed by atoms with Crippen molar-refractivity contribution in [2.24, 2.45) is 0 Å². The van der Waals surface area contributed by atoms with Gasteiger partial charge in [0.2, 0.25) is 0 Å². The van der Waals surface area contributed by atoms with E-state index in [-0.39, 0.29) is 11.5 Å². The predicted molar refractivity (Wildman–Crippen MR) is 151 cm³/mol. The first-order valence-corrected chi connectivity index (χ1v) is 12.6. The van der Waals surface area contributed by atoms with Crippen molar-refractivity contribution < 1.29 is 4.79 Å². The molecule has 0 fully saturated rings. The second-order valence-corrected chi connectivity index (χ2v) is 9.18. The van der Waals surface area contributed by atoms with Gasteiger partial charge in [-0.3, -0.25) is 19.1 Å². The fourth-order valence-corrected chi connectivity index (χ4v) is 4.64. The van der Waals surface area contributed by atoms with Crippen LogP contribution in [0, 0.1) is 18.8 Å². The summed E-state index contributed by atoms with van der Waals surface area (Å²) in [6.45, 7) is 3.56. The van der Waals surface area contributed by atoms with E-state index in [1.54, 1.807) is 61.3 Å². The molecule has 2 aromatic carbocycles. The lowest BCUT2D eigenvalue weighted by atomic mass is 10.1. The molecule has 0 bridgehead atoms. The minimum atomic E-state index is -0.631. The van der Waals surface area contributed by atoms with Gasteiger partial charge in [0.25, 0.3) is 11.5 Å². The lowest BCUT2D eigenvalue weighted by Gasteiger charge is -2.20. The van der Waals surface area contributed by atoms with Gasteiger partial charge < -0.3 is 5.32 Å². The zero-order valence-electron chi connectivity index (χ0n) is 21.7. The third-order valence-electron chi connectivity index (χ3n) is 6.47. The maximum absolute atomic E-state index is 14.1. The molecule has 0 radical (unpaired) electrons. The second kappa shape index (κ2) is 10.3.